The van der Waals surface area contributed by atoms with Crippen LogP contribution in [0.25, 0.3) is 11.0 Å². The lowest BCUT2D eigenvalue weighted by Gasteiger charge is -2.04. The third-order valence-electron chi connectivity index (χ3n) is 2.19. The fourth-order valence-corrected chi connectivity index (χ4v) is 1.39. The van der Waals surface area contributed by atoms with Crippen molar-refractivity contribution in [1.82, 2.24) is 0 Å². The van der Waals surface area contributed by atoms with Gasteiger partial charge in [0.05, 0.1) is 6.61 Å². The molecule has 0 saturated heterocycles. The summed E-state index contributed by atoms with van der Waals surface area (Å²) in [6.45, 7) is 4.19. The van der Waals surface area contributed by atoms with Crippen molar-refractivity contribution in [2.45, 2.75) is 6.42 Å². The Morgan fingerprint density at radius 3 is 2.94 bits per heavy atom. The molecule has 0 saturated carbocycles. The molecule has 3 nitrogen and oxygen atoms in total. The van der Waals surface area contributed by atoms with Crippen LogP contribution in [0.15, 0.2) is 52.2 Å². The first kappa shape index (κ1) is 10.5. The van der Waals surface area contributed by atoms with E-state index in [1.165, 1.54) is 6.07 Å². The van der Waals surface area contributed by atoms with Crippen LogP contribution in [0.4, 0.5) is 0 Å². The molecule has 2 rings (SSSR count). The molecule has 2 aromatic rings. The summed E-state index contributed by atoms with van der Waals surface area (Å²) in [4.78, 5) is 11.0. The predicted octanol–water partition coefficient (Wildman–Crippen LogP) is 2.75. The van der Waals surface area contributed by atoms with Crippen molar-refractivity contribution in [3.63, 3.8) is 0 Å². The van der Waals surface area contributed by atoms with E-state index in [2.05, 4.69) is 6.58 Å². The Morgan fingerprint density at radius 1 is 1.31 bits per heavy atom. The van der Waals surface area contributed by atoms with Gasteiger partial charge >= 0.3 is 5.63 Å². The average Bonchev–Trinajstić information content (AvgIpc) is 2.29. The van der Waals surface area contributed by atoms with E-state index in [9.17, 15) is 4.79 Å². The molecular weight excluding hydrogens is 204 g/mol. The summed E-state index contributed by atoms with van der Waals surface area (Å²) >= 11 is 0. The molecule has 3 heteroatoms. The van der Waals surface area contributed by atoms with Crippen LogP contribution in [0.5, 0.6) is 5.75 Å². The fraction of sp³-hybridized carbons (Fsp3) is 0.154. The van der Waals surface area contributed by atoms with E-state index in [1.807, 2.05) is 12.1 Å². The zero-order chi connectivity index (χ0) is 11.4. The molecule has 16 heavy (non-hydrogen) atoms. The smallest absolute Gasteiger partial charge is 0.336 e. The van der Waals surface area contributed by atoms with Gasteiger partial charge in [-0.3, -0.25) is 0 Å². The van der Waals surface area contributed by atoms with Gasteiger partial charge < -0.3 is 9.15 Å². The van der Waals surface area contributed by atoms with Gasteiger partial charge in [-0.25, -0.2) is 4.79 Å². The van der Waals surface area contributed by atoms with Gasteiger partial charge in [-0.1, -0.05) is 6.08 Å². The van der Waals surface area contributed by atoms with E-state index >= 15 is 0 Å². The highest BCUT2D eigenvalue weighted by Gasteiger charge is 1.99. The zero-order valence-corrected chi connectivity index (χ0v) is 8.81. The van der Waals surface area contributed by atoms with E-state index in [-0.39, 0.29) is 5.63 Å². The summed E-state index contributed by atoms with van der Waals surface area (Å²) < 4.78 is 10.5. The topological polar surface area (TPSA) is 39.4 Å². The molecule has 0 radical (unpaired) electrons. The highest BCUT2D eigenvalue weighted by molar-refractivity contribution is 5.77. The molecular formula is C13H12O3. The molecule has 0 fully saturated rings. The van der Waals surface area contributed by atoms with Gasteiger partial charge in [0.15, 0.2) is 0 Å². The number of hydrogen-bond acceptors (Lipinski definition) is 3. The lowest BCUT2D eigenvalue weighted by Crippen LogP contribution is -1.97. The van der Waals surface area contributed by atoms with Gasteiger partial charge in [0, 0.05) is 17.5 Å². The second-order valence-electron chi connectivity index (χ2n) is 3.38. The Balaban J connectivity index is 2.28. The van der Waals surface area contributed by atoms with Crippen molar-refractivity contribution >= 4 is 11.0 Å². The minimum Gasteiger partial charge on any atom is -0.493 e. The normalized spacial score (nSPS) is 10.2. The monoisotopic (exact) mass is 216 g/mol. The largest absolute Gasteiger partial charge is 0.493 e. The van der Waals surface area contributed by atoms with Crippen molar-refractivity contribution in [2.24, 2.45) is 0 Å². The summed E-state index contributed by atoms with van der Waals surface area (Å²) in [7, 11) is 0. The average molecular weight is 216 g/mol. The van der Waals surface area contributed by atoms with E-state index < -0.39 is 0 Å². The Labute approximate surface area is 93.0 Å². The molecule has 0 bridgehead atoms. The molecule has 0 unspecified atom stereocenters. The highest BCUT2D eigenvalue weighted by Crippen LogP contribution is 2.19. The number of hydrogen-bond donors (Lipinski definition) is 0. The van der Waals surface area contributed by atoms with Gasteiger partial charge in [0.25, 0.3) is 0 Å². The van der Waals surface area contributed by atoms with Crippen LogP contribution in [-0.2, 0) is 0 Å². The van der Waals surface area contributed by atoms with Crippen LogP contribution < -0.4 is 10.4 Å². The number of ether oxygens (including phenoxy) is 1. The third-order valence-corrected chi connectivity index (χ3v) is 2.19. The molecule has 1 aromatic carbocycles. The maximum absolute atomic E-state index is 11.0. The minimum atomic E-state index is -0.351. The molecule has 0 aliphatic carbocycles. The maximum atomic E-state index is 11.0. The van der Waals surface area contributed by atoms with Crippen molar-refractivity contribution in [1.29, 1.82) is 0 Å². The summed E-state index contributed by atoms with van der Waals surface area (Å²) in [5.41, 5.74) is 0.194. The Bertz CT molecular complexity index is 554. The van der Waals surface area contributed by atoms with Gasteiger partial charge in [-0.05, 0) is 24.6 Å². The van der Waals surface area contributed by atoms with Gasteiger partial charge in [-0.2, -0.15) is 0 Å². The van der Waals surface area contributed by atoms with E-state index in [1.54, 1.807) is 18.2 Å². The van der Waals surface area contributed by atoms with Gasteiger partial charge in [-0.15, -0.1) is 6.58 Å². The first-order chi connectivity index (χ1) is 7.79. The molecule has 0 atom stereocenters. The number of rotatable bonds is 4. The molecule has 0 amide bonds. The predicted molar refractivity (Wildman–Crippen MR) is 62.8 cm³/mol. The van der Waals surface area contributed by atoms with Crippen LogP contribution in [0, 0.1) is 0 Å². The van der Waals surface area contributed by atoms with Gasteiger partial charge in [0.1, 0.15) is 11.3 Å². The molecule has 0 N–H and O–H groups in total. The standard InChI is InChI=1S/C13H12O3/c1-2-3-8-15-11-6-4-10-5-7-13(14)16-12(10)9-11/h2,4-7,9H,1,3,8H2. The first-order valence-electron chi connectivity index (χ1n) is 5.07. The van der Waals surface area contributed by atoms with Crippen molar-refractivity contribution in [3.8, 4) is 5.75 Å². The zero-order valence-electron chi connectivity index (χ0n) is 8.81. The minimum absolute atomic E-state index is 0.351. The summed E-state index contributed by atoms with van der Waals surface area (Å²) in [6, 6.07) is 8.57. The van der Waals surface area contributed by atoms with E-state index in [0.29, 0.717) is 17.9 Å². The quantitative estimate of drug-likeness (QED) is 0.448. The van der Waals surface area contributed by atoms with Crippen LogP contribution in [0.1, 0.15) is 6.42 Å². The molecule has 0 aliphatic rings. The second-order valence-corrected chi connectivity index (χ2v) is 3.38. The van der Waals surface area contributed by atoms with E-state index in [0.717, 1.165) is 11.8 Å². The molecule has 82 valence electrons. The van der Waals surface area contributed by atoms with Crippen molar-refractivity contribution in [3.05, 3.63) is 53.4 Å². The van der Waals surface area contributed by atoms with Crippen LogP contribution in [0.2, 0.25) is 0 Å². The number of benzene rings is 1. The lowest BCUT2D eigenvalue weighted by molar-refractivity contribution is 0.325. The molecule has 1 aromatic heterocycles. The van der Waals surface area contributed by atoms with Crippen LogP contribution >= 0.6 is 0 Å². The Kier molecular flexibility index (Phi) is 3.05. The van der Waals surface area contributed by atoms with Crippen molar-refractivity contribution in [2.75, 3.05) is 6.61 Å². The Morgan fingerprint density at radius 2 is 2.12 bits per heavy atom. The SMILES string of the molecule is C=CCCOc1ccc2ccc(=O)oc2c1. The lowest BCUT2D eigenvalue weighted by atomic mass is 10.2. The van der Waals surface area contributed by atoms with Crippen molar-refractivity contribution < 1.29 is 9.15 Å². The Hall–Kier alpha value is -2.03. The summed E-state index contributed by atoms with van der Waals surface area (Å²) in [5, 5.41) is 0.885. The van der Waals surface area contributed by atoms with Crippen LogP contribution in [0.3, 0.4) is 0 Å². The van der Waals surface area contributed by atoms with Gasteiger partial charge in [0.2, 0.25) is 0 Å². The molecule has 1 heterocycles. The third kappa shape index (κ3) is 2.31. The first-order valence-corrected chi connectivity index (χ1v) is 5.07. The molecule has 0 spiro atoms. The summed E-state index contributed by atoms with van der Waals surface area (Å²) in [6.07, 6.45) is 2.58. The highest BCUT2D eigenvalue weighted by atomic mass is 16.5. The fourth-order valence-electron chi connectivity index (χ4n) is 1.39. The van der Waals surface area contributed by atoms with E-state index in [4.69, 9.17) is 9.15 Å². The van der Waals surface area contributed by atoms with Crippen LogP contribution in [-0.4, -0.2) is 6.61 Å². The summed E-state index contributed by atoms with van der Waals surface area (Å²) in [5.74, 6) is 0.698. The second kappa shape index (κ2) is 4.66. The maximum Gasteiger partial charge on any atom is 0.336 e. The number of fused-ring (bicyclic) bond motifs is 1. The molecule has 0 aliphatic heterocycles.